The van der Waals surface area contributed by atoms with Crippen molar-refractivity contribution in [2.24, 2.45) is 0 Å². The quantitative estimate of drug-likeness (QED) is 0.933. The molecule has 1 aromatic carbocycles. The van der Waals surface area contributed by atoms with Crippen molar-refractivity contribution in [1.29, 1.82) is 0 Å². The van der Waals surface area contributed by atoms with Crippen LogP contribution >= 0.6 is 0 Å². The van der Waals surface area contributed by atoms with Crippen molar-refractivity contribution in [1.82, 2.24) is 15.5 Å². The minimum absolute atomic E-state index is 0.379. The fourth-order valence-electron chi connectivity index (χ4n) is 2.23. The van der Waals surface area contributed by atoms with Crippen LogP contribution in [0, 0.1) is 0 Å². The summed E-state index contributed by atoms with van der Waals surface area (Å²) in [4.78, 5) is 16.6. The second-order valence-electron chi connectivity index (χ2n) is 6.76. The van der Waals surface area contributed by atoms with Crippen molar-refractivity contribution in [2.75, 3.05) is 0 Å². The van der Waals surface area contributed by atoms with E-state index < -0.39 is 17.7 Å². The Hall–Kier alpha value is -2.37. The van der Waals surface area contributed by atoms with Crippen LogP contribution in [0.5, 0.6) is 0 Å². The highest BCUT2D eigenvalue weighted by Crippen LogP contribution is 2.38. The lowest BCUT2D eigenvalue weighted by atomic mass is 10.1. The molecule has 1 aliphatic carbocycles. The predicted molar refractivity (Wildman–Crippen MR) is 83.9 cm³/mol. The molecule has 0 radical (unpaired) electrons. The van der Waals surface area contributed by atoms with Gasteiger partial charge in [-0.25, -0.2) is 4.79 Å². The van der Waals surface area contributed by atoms with Crippen molar-refractivity contribution in [3.05, 3.63) is 47.6 Å². The Bertz CT molecular complexity index is 672. The highest BCUT2D eigenvalue weighted by Gasteiger charge is 2.31. The summed E-state index contributed by atoms with van der Waals surface area (Å²) in [6, 6.07) is 9.00. The molecule has 0 unspecified atom stereocenters. The van der Waals surface area contributed by atoms with Crippen LogP contribution < -0.4 is 5.32 Å². The van der Waals surface area contributed by atoms with Crippen LogP contribution in [0.3, 0.4) is 0 Å². The standard InChI is InChI=1S/C17H21N3O3/c1-17(2,3)22-16(21)18-13(11-7-5-4-6-8-11)15-19-14(20-23-15)12-9-10-12/h4-8,12-13H,9-10H2,1-3H3,(H,18,21)/t13-/m1/s1. The smallest absolute Gasteiger partial charge is 0.408 e. The topological polar surface area (TPSA) is 77.2 Å². The van der Waals surface area contributed by atoms with Crippen LogP contribution in [0.2, 0.25) is 0 Å². The number of carbonyl (C=O) groups excluding carboxylic acids is 1. The van der Waals surface area contributed by atoms with Crippen molar-refractivity contribution in [3.63, 3.8) is 0 Å². The molecule has 1 aromatic heterocycles. The molecule has 1 heterocycles. The maximum atomic E-state index is 12.1. The minimum atomic E-state index is -0.570. The van der Waals surface area contributed by atoms with Crippen LogP contribution in [-0.2, 0) is 4.74 Å². The molecule has 6 nitrogen and oxygen atoms in total. The maximum Gasteiger partial charge on any atom is 0.408 e. The van der Waals surface area contributed by atoms with Gasteiger partial charge in [-0.2, -0.15) is 4.98 Å². The molecular formula is C17H21N3O3. The summed E-state index contributed by atoms with van der Waals surface area (Å²) in [5, 5.41) is 6.85. The maximum absolute atomic E-state index is 12.1. The van der Waals surface area contributed by atoms with E-state index in [2.05, 4.69) is 15.5 Å². The van der Waals surface area contributed by atoms with E-state index in [0.717, 1.165) is 18.4 Å². The van der Waals surface area contributed by atoms with Gasteiger partial charge in [0.2, 0.25) is 0 Å². The summed E-state index contributed by atoms with van der Waals surface area (Å²) in [6.07, 6.45) is 1.67. The van der Waals surface area contributed by atoms with Crippen LogP contribution in [0.25, 0.3) is 0 Å². The van der Waals surface area contributed by atoms with Crippen molar-refractivity contribution in [2.45, 2.75) is 51.2 Å². The molecule has 1 N–H and O–H groups in total. The Kier molecular flexibility index (Phi) is 4.07. The van der Waals surface area contributed by atoms with Gasteiger partial charge in [0.1, 0.15) is 11.6 Å². The third-order valence-electron chi connectivity index (χ3n) is 3.44. The molecule has 23 heavy (non-hydrogen) atoms. The first-order chi connectivity index (χ1) is 10.9. The number of carbonyl (C=O) groups is 1. The Morgan fingerprint density at radius 2 is 2.00 bits per heavy atom. The van der Waals surface area contributed by atoms with Gasteiger partial charge in [-0.05, 0) is 39.2 Å². The number of nitrogens with zero attached hydrogens (tertiary/aromatic N) is 2. The first kappa shape index (κ1) is 15.5. The van der Waals surface area contributed by atoms with Crippen LogP contribution in [0.4, 0.5) is 4.79 Å². The Balaban J connectivity index is 1.82. The zero-order valence-corrected chi connectivity index (χ0v) is 13.6. The number of aromatic nitrogens is 2. The summed E-state index contributed by atoms with van der Waals surface area (Å²) < 4.78 is 10.7. The number of nitrogens with one attached hydrogen (secondary N) is 1. The van der Waals surface area contributed by atoms with Gasteiger partial charge in [0.25, 0.3) is 5.89 Å². The molecular weight excluding hydrogens is 294 g/mol. The average molecular weight is 315 g/mol. The molecule has 0 bridgehead atoms. The fourth-order valence-corrected chi connectivity index (χ4v) is 2.23. The van der Waals surface area contributed by atoms with E-state index in [0.29, 0.717) is 17.6 Å². The first-order valence-electron chi connectivity index (χ1n) is 7.80. The number of benzene rings is 1. The molecule has 6 heteroatoms. The van der Waals surface area contributed by atoms with Gasteiger partial charge in [0.15, 0.2) is 5.82 Å². The third-order valence-corrected chi connectivity index (χ3v) is 3.44. The monoisotopic (exact) mass is 315 g/mol. The number of ether oxygens (including phenoxy) is 1. The second-order valence-corrected chi connectivity index (χ2v) is 6.76. The second kappa shape index (κ2) is 6.02. The molecule has 1 saturated carbocycles. The van der Waals surface area contributed by atoms with E-state index in [1.807, 2.05) is 51.1 Å². The van der Waals surface area contributed by atoms with Gasteiger partial charge < -0.3 is 14.6 Å². The molecule has 1 amide bonds. The van der Waals surface area contributed by atoms with Crippen LogP contribution in [-0.4, -0.2) is 21.8 Å². The number of rotatable bonds is 4. The zero-order valence-electron chi connectivity index (χ0n) is 13.6. The normalized spacial score (nSPS) is 16.0. The van der Waals surface area contributed by atoms with E-state index >= 15 is 0 Å². The fraction of sp³-hybridized carbons (Fsp3) is 0.471. The molecule has 2 aromatic rings. The SMILES string of the molecule is CC(C)(C)OC(=O)N[C@H](c1ccccc1)c1nc(C2CC2)no1. The summed E-state index contributed by atoms with van der Waals surface area (Å²) in [5.74, 6) is 1.49. The van der Waals surface area contributed by atoms with E-state index in [4.69, 9.17) is 9.26 Å². The zero-order chi connectivity index (χ0) is 16.4. The lowest BCUT2D eigenvalue weighted by Crippen LogP contribution is -2.35. The highest BCUT2D eigenvalue weighted by atomic mass is 16.6. The van der Waals surface area contributed by atoms with Crippen molar-refractivity contribution >= 4 is 6.09 Å². The van der Waals surface area contributed by atoms with Gasteiger partial charge in [0.05, 0.1) is 0 Å². The van der Waals surface area contributed by atoms with Crippen LogP contribution in [0.1, 0.15) is 62.9 Å². The number of alkyl carbamates (subject to hydrolysis) is 1. The van der Waals surface area contributed by atoms with Crippen molar-refractivity contribution in [3.8, 4) is 0 Å². The molecule has 0 saturated heterocycles. The number of hydrogen-bond acceptors (Lipinski definition) is 5. The van der Waals surface area contributed by atoms with Gasteiger partial charge >= 0.3 is 6.09 Å². The molecule has 1 aliphatic rings. The van der Waals surface area contributed by atoms with Crippen molar-refractivity contribution < 1.29 is 14.1 Å². The predicted octanol–water partition coefficient (Wildman–Crippen LogP) is 3.56. The summed E-state index contributed by atoms with van der Waals surface area (Å²) >= 11 is 0. The highest BCUT2D eigenvalue weighted by molar-refractivity contribution is 5.68. The van der Waals surface area contributed by atoms with E-state index in [-0.39, 0.29) is 0 Å². The molecule has 0 aliphatic heterocycles. The van der Waals surface area contributed by atoms with Gasteiger partial charge in [-0.1, -0.05) is 35.5 Å². The molecule has 1 fully saturated rings. The van der Waals surface area contributed by atoms with Gasteiger partial charge in [-0.15, -0.1) is 0 Å². The van der Waals surface area contributed by atoms with E-state index in [9.17, 15) is 4.79 Å². The lowest BCUT2D eigenvalue weighted by Gasteiger charge is -2.22. The minimum Gasteiger partial charge on any atom is -0.444 e. The number of hydrogen-bond donors (Lipinski definition) is 1. The van der Waals surface area contributed by atoms with Crippen LogP contribution in [0.15, 0.2) is 34.9 Å². The Labute approximate surface area is 135 Å². The van der Waals surface area contributed by atoms with E-state index in [1.54, 1.807) is 0 Å². The van der Waals surface area contributed by atoms with Gasteiger partial charge in [0, 0.05) is 5.92 Å². The summed E-state index contributed by atoms with van der Waals surface area (Å²) in [7, 11) is 0. The third kappa shape index (κ3) is 4.09. The Morgan fingerprint density at radius 3 is 2.61 bits per heavy atom. The molecule has 0 spiro atoms. The number of amides is 1. The molecule has 122 valence electrons. The average Bonchev–Trinajstić information content (AvgIpc) is 3.22. The Morgan fingerprint density at radius 1 is 1.30 bits per heavy atom. The lowest BCUT2D eigenvalue weighted by molar-refractivity contribution is 0.0504. The largest absolute Gasteiger partial charge is 0.444 e. The van der Waals surface area contributed by atoms with E-state index in [1.165, 1.54) is 0 Å². The molecule has 1 atom stereocenters. The molecule has 3 rings (SSSR count). The van der Waals surface area contributed by atoms with Gasteiger partial charge in [-0.3, -0.25) is 0 Å². The first-order valence-corrected chi connectivity index (χ1v) is 7.80. The summed E-state index contributed by atoms with van der Waals surface area (Å²) in [5.41, 5.74) is 0.295. The summed E-state index contributed by atoms with van der Waals surface area (Å²) in [6.45, 7) is 5.46.